The molecule has 1 aromatic carbocycles. The van der Waals surface area contributed by atoms with Gasteiger partial charge in [0.2, 0.25) is 0 Å². The second kappa shape index (κ2) is 5.17. The van der Waals surface area contributed by atoms with Gasteiger partial charge in [0.1, 0.15) is 5.65 Å². The van der Waals surface area contributed by atoms with Crippen LogP contribution in [0.25, 0.3) is 16.9 Å². The molecule has 0 aliphatic carbocycles. The minimum Gasteiger partial charge on any atom is -0.481 e. The third kappa shape index (κ3) is 2.28. The Bertz CT molecular complexity index is 748. The van der Waals surface area contributed by atoms with Gasteiger partial charge in [-0.05, 0) is 12.1 Å². The van der Waals surface area contributed by atoms with Crippen LogP contribution >= 0.6 is 0 Å². The first-order chi connectivity index (χ1) is 9.75. The second-order valence-corrected chi connectivity index (χ2v) is 4.60. The van der Waals surface area contributed by atoms with Gasteiger partial charge >= 0.3 is 5.97 Å². The Morgan fingerprint density at radius 3 is 2.60 bits per heavy atom. The van der Waals surface area contributed by atoms with E-state index in [0.29, 0.717) is 6.42 Å². The number of nitrogens with zero attached hydrogens (tertiary/aromatic N) is 2. The first-order valence-corrected chi connectivity index (χ1v) is 6.49. The number of carboxylic acid groups (broad SMARTS) is 1. The van der Waals surface area contributed by atoms with Crippen LogP contribution in [0, 0.1) is 0 Å². The van der Waals surface area contributed by atoms with Crippen LogP contribution in [0.4, 0.5) is 0 Å². The van der Waals surface area contributed by atoms with Crippen molar-refractivity contribution in [2.45, 2.75) is 12.8 Å². The maximum atomic E-state index is 10.8. The molecule has 0 atom stereocenters. The van der Waals surface area contributed by atoms with Gasteiger partial charge in [0.15, 0.2) is 0 Å². The number of carboxylic acids is 1. The molecule has 0 fully saturated rings. The van der Waals surface area contributed by atoms with E-state index >= 15 is 0 Å². The molecule has 4 nitrogen and oxygen atoms in total. The standard InChI is InChI=1S/C16H14N2O2/c19-15(20)10-9-13-16(12-6-2-1-3-7-12)17-14-8-4-5-11-18(13)14/h1-8,11H,9-10H2,(H,19,20). The van der Waals surface area contributed by atoms with Gasteiger partial charge in [0, 0.05) is 18.2 Å². The molecule has 0 spiro atoms. The summed E-state index contributed by atoms with van der Waals surface area (Å²) >= 11 is 0. The van der Waals surface area contributed by atoms with Crippen LogP contribution in [-0.4, -0.2) is 20.5 Å². The molecule has 0 radical (unpaired) electrons. The fraction of sp³-hybridized carbons (Fsp3) is 0.125. The Morgan fingerprint density at radius 2 is 1.85 bits per heavy atom. The van der Waals surface area contributed by atoms with Crippen molar-refractivity contribution in [3.05, 3.63) is 60.4 Å². The number of pyridine rings is 1. The summed E-state index contributed by atoms with van der Waals surface area (Å²) in [5, 5.41) is 8.92. The summed E-state index contributed by atoms with van der Waals surface area (Å²) in [4.78, 5) is 15.5. The minimum absolute atomic E-state index is 0.0997. The summed E-state index contributed by atoms with van der Waals surface area (Å²) in [7, 11) is 0. The Hall–Kier alpha value is -2.62. The van der Waals surface area contributed by atoms with Crippen LogP contribution in [-0.2, 0) is 11.2 Å². The predicted molar refractivity (Wildman–Crippen MR) is 76.6 cm³/mol. The molecule has 0 unspecified atom stereocenters. The number of aliphatic carboxylic acids is 1. The molecular formula is C16H14N2O2. The van der Waals surface area contributed by atoms with Crippen molar-refractivity contribution >= 4 is 11.6 Å². The predicted octanol–water partition coefficient (Wildman–Crippen LogP) is 3.02. The van der Waals surface area contributed by atoms with Crippen molar-refractivity contribution < 1.29 is 9.90 Å². The highest BCUT2D eigenvalue weighted by molar-refractivity contribution is 5.70. The lowest BCUT2D eigenvalue weighted by atomic mass is 10.1. The average Bonchev–Trinajstić information content (AvgIpc) is 2.84. The number of imidazole rings is 1. The van der Waals surface area contributed by atoms with Gasteiger partial charge in [0.05, 0.1) is 17.8 Å². The van der Waals surface area contributed by atoms with Crippen molar-refractivity contribution in [2.24, 2.45) is 0 Å². The molecular weight excluding hydrogens is 252 g/mol. The molecule has 0 bridgehead atoms. The first kappa shape index (κ1) is 12.4. The van der Waals surface area contributed by atoms with Crippen LogP contribution in [0.5, 0.6) is 0 Å². The van der Waals surface area contributed by atoms with E-state index in [-0.39, 0.29) is 6.42 Å². The molecule has 0 saturated carbocycles. The Kier molecular flexibility index (Phi) is 3.21. The summed E-state index contributed by atoms with van der Waals surface area (Å²) in [5.74, 6) is -0.796. The first-order valence-electron chi connectivity index (χ1n) is 6.49. The summed E-state index contributed by atoms with van der Waals surface area (Å²) in [6.07, 6.45) is 2.49. The smallest absolute Gasteiger partial charge is 0.303 e. The lowest BCUT2D eigenvalue weighted by molar-refractivity contribution is -0.136. The lowest BCUT2D eigenvalue weighted by Crippen LogP contribution is -2.01. The molecule has 1 N–H and O–H groups in total. The van der Waals surface area contributed by atoms with Gasteiger partial charge in [-0.25, -0.2) is 4.98 Å². The highest BCUT2D eigenvalue weighted by Gasteiger charge is 2.14. The zero-order valence-electron chi connectivity index (χ0n) is 10.9. The second-order valence-electron chi connectivity index (χ2n) is 4.60. The topological polar surface area (TPSA) is 54.6 Å². The van der Waals surface area contributed by atoms with Gasteiger partial charge in [-0.2, -0.15) is 0 Å². The van der Waals surface area contributed by atoms with Crippen molar-refractivity contribution in [1.82, 2.24) is 9.38 Å². The van der Waals surface area contributed by atoms with E-state index in [1.165, 1.54) is 0 Å². The van der Waals surface area contributed by atoms with Crippen LogP contribution in [0.2, 0.25) is 0 Å². The van der Waals surface area contributed by atoms with Gasteiger partial charge in [-0.15, -0.1) is 0 Å². The van der Waals surface area contributed by atoms with Crippen molar-refractivity contribution in [3.8, 4) is 11.3 Å². The van der Waals surface area contributed by atoms with Crippen molar-refractivity contribution in [2.75, 3.05) is 0 Å². The zero-order valence-corrected chi connectivity index (χ0v) is 10.9. The summed E-state index contributed by atoms with van der Waals surface area (Å²) in [5.41, 5.74) is 3.65. The summed E-state index contributed by atoms with van der Waals surface area (Å²) < 4.78 is 1.96. The van der Waals surface area contributed by atoms with E-state index in [2.05, 4.69) is 4.98 Å². The van der Waals surface area contributed by atoms with Crippen LogP contribution in [0.15, 0.2) is 54.7 Å². The molecule has 2 heterocycles. The number of carbonyl (C=O) groups is 1. The summed E-state index contributed by atoms with van der Waals surface area (Å²) in [6.45, 7) is 0. The maximum absolute atomic E-state index is 10.8. The molecule has 0 amide bonds. The van der Waals surface area contributed by atoms with Crippen molar-refractivity contribution in [3.63, 3.8) is 0 Å². The molecule has 0 saturated heterocycles. The third-order valence-electron chi connectivity index (χ3n) is 3.25. The largest absolute Gasteiger partial charge is 0.481 e. The highest BCUT2D eigenvalue weighted by Crippen LogP contribution is 2.25. The lowest BCUT2D eigenvalue weighted by Gasteiger charge is -2.03. The number of rotatable bonds is 4. The molecule has 4 heteroatoms. The van der Waals surface area contributed by atoms with Crippen LogP contribution < -0.4 is 0 Å². The van der Waals surface area contributed by atoms with E-state index in [0.717, 1.165) is 22.6 Å². The SMILES string of the molecule is O=C(O)CCc1c(-c2ccccc2)nc2ccccn12. The molecule has 100 valence electrons. The number of aromatic nitrogens is 2. The molecule has 0 aliphatic heterocycles. The highest BCUT2D eigenvalue weighted by atomic mass is 16.4. The quantitative estimate of drug-likeness (QED) is 0.789. The normalized spacial score (nSPS) is 10.8. The number of benzene rings is 1. The third-order valence-corrected chi connectivity index (χ3v) is 3.25. The zero-order chi connectivity index (χ0) is 13.9. The minimum atomic E-state index is -0.796. The van der Waals surface area contributed by atoms with E-state index in [4.69, 9.17) is 5.11 Å². The maximum Gasteiger partial charge on any atom is 0.303 e. The van der Waals surface area contributed by atoms with E-state index in [9.17, 15) is 4.79 Å². The molecule has 0 aliphatic rings. The summed E-state index contributed by atoms with van der Waals surface area (Å²) in [6, 6.07) is 15.6. The van der Waals surface area contributed by atoms with Crippen LogP contribution in [0.1, 0.15) is 12.1 Å². The number of hydrogen-bond acceptors (Lipinski definition) is 2. The molecule has 3 aromatic rings. The van der Waals surface area contributed by atoms with Gasteiger partial charge in [-0.3, -0.25) is 4.79 Å². The van der Waals surface area contributed by atoms with E-state index in [1.54, 1.807) is 0 Å². The van der Waals surface area contributed by atoms with E-state index < -0.39 is 5.97 Å². The Balaban J connectivity index is 2.15. The number of fused-ring (bicyclic) bond motifs is 1. The fourth-order valence-corrected chi connectivity index (χ4v) is 2.34. The van der Waals surface area contributed by atoms with E-state index in [1.807, 2.05) is 59.1 Å². The van der Waals surface area contributed by atoms with Gasteiger partial charge in [-0.1, -0.05) is 36.4 Å². The molecule has 2 aromatic heterocycles. The average molecular weight is 266 g/mol. The Morgan fingerprint density at radius 1 is 1.10 bits per heavy atom. The number of aryl methyl sites for hydroxylation is 1. The molecule has 20 heavy (non-hydrogen) atoms. The van der Waals surface area contributed by atoms with Gasteiger partial charge < -0.3 is 9.51 Å². The van der Waals surface area contributed by atoms with Gasteiger partial charge in [0.25, 0.3) is 0 Å². The van der Waals surface area contributed by atoms with Crippen LogP contribution in [0.3, 0.4) is 0 Å². The monoisotopic (exact) mass is 266 g/mol. The van der Waals surface area contributed by atoms with Crippen molar-refractivity contribution in [1.29, 1.82) is 0 Å². The molecule has 3 rings (SSSR count). The Labute approximate surface area is 116 Å². The number of hydrogen-bond donors (Lipinski definition) is 1. The fourth-order valence-electron chi connectivity index (χ4n) is 2.34.